The van der Waals surface area contributed by atoms with E-state index in [0.29, 0.717) is 30.1 Å². The summed E-state index contributed by atoms with van der Waals surface area (Å²) in [6.07, 6.45) is -63.3. The summed E-state index contributed by atoms with van der Waals surface area (Å²) in [6.45, 7) is 0.0833. The Hall–Kier alpha value is -2.01. The average molecular weight is 1550 g/mol. The Bertz CT molecular complexity index is 2820. The lowest BCUT2D eigenvalue weighted by Gasteiger charge is -2.62. The van der Waals surface area contributed by atoms with Crippen molar-refractivity contribution in [2.75, 3.05) is 59.3 Å². The first kappa shape index (κ1) is 84.4. The van der Waals surface area contributed by atoms with Crippen molar-refractivity contribution in [3.8, 4) is 0 Å². The van der Waals surface area contributed by atoms with E-state index in [0.717, 1.165) is 51.4 Å². The van der Waals surface area contributed by atoms with Gasteiger partial charge < -0.3 is 189 Å². The first-order valence-electron chi connectivity index (χ1n) is 37.6. The summed E-state index contributed by atoms with van der Waals surface area (Å²) >= 11 is 0. The summed E-state index contributed by atoms with van der Waals surface area (Å²) in [5, 5.41) is 255. The van der Waals surface area contributed by atoms with Crippen molar-refractivity contribution in [3.05, 3.63) is 0 Å². The number of hydrogen-bond donors (Lipinski definition) is 24. The Morgan fingerprint density at radius 3 is 1.05 bits per heavy atom. The lowest BCUT2D eigenvalue weighted by molar-refractivity contribution is -0.396. The van der Waals surface area contributed by atoms with Crippen LogP contribution in [-0.4, -0.2) is 405 Å². The molecule has 0 aromatic rings. The molecule has 1 amide bonds. The highest BCUT2D eigenvalue weighted by Crippen LogP contribution is 2.68. The first-order valence-corrected chi connectivity index (χ1v) is 37.6. The molecule has 4 saturated carbocycles. The zero-order valence-electron chi connectivity index (χ0n) is 59.7. The van der Waals surface area contributed by atoms with E-state index in [9.17, 15) is 117 Å². The average Bonchev–Trinajstić information content (AvgIpc) is 1.63. The molecule has 45 atom stereocenters. The van der Waals surface area contributed by atoms with Crippen LogP contribution in [0.4, 0.5) is 0 Å². The second-order valence-corrected chi connectivity index (χ2v) is 31.9. The van der Waals surface area contributed by atoms with Crippen LogP contribution in [-0.2, 0) is 71.1 Å². The van der Waals surface area contributed by atoms with Crippen LogP contribution in [0.1, 0.15) is 85.0 Å². The van der Waals surface area contributed by atoms with Crippen LogP contribution in [0.5, 0.6) is 0 Å². The summed E-state index contributed by atoms with van der Waals surface area (Å²) in [5.74, 6) is 1.67. The van der Waals surface area contributed by atoms with Gasteiger partial charge in [-0.25, -0.2) is 0 Å². The van der Waals surface area contributed by atoms with Crippen LogP contribution >= 0.6 is 0 Å². The Morgan fingerprint density at radius 2 is 0.710 bits per heavy atom. The third-order valence-electron chi connectivity index (χ3n) is 25.9. The molecule has 0 aromatic heterocycles. The predicted octanol–water partition coefficient (Wildman–Crippen LogP) is -11.1. The number of carbonyl (C=O) groups is 1. The minimum Gasteiger partial charge on any atom is -0.394 e. The fourth-order valence-electron chi connectivity index (χ4n) is 19.8. The molecule has 0 spiro atoms. The SMILES string of the molecule is C[C@H](CCC(=O)NCCNC[C@H]1O[C@@H]2O[C@H]3[C@H](O)[C@@H](O)[C@@H](O[C@H]4[C@H](O)[C@@H](O)[C@@H](O[C@H]5[C@H](O)[C@@H](O)[C@@H](O[C@H]6[C@H](O)[C@@H](O)[C@@H](O[C@H]7[C@H](O)[C@@H](O)[C@@H](O[C@H]8[C@H](O)[C@@H](O)[C@@H](O[C@H]1[C@H](O)[C@H]2O)O[C@@H]8CO)O[C@@H]7CO)O[C@@H]6CO)O[C@@H]5CO)O[C@@H]4CO)O[C@@H]3CO)[C@H]1CC[C@H]2[C@@H]3CC[C@@H]4C[C@H](O)CC[C@]4(C)[C@H]3C[C@H](O)[C@]12C. The van der Waals surface area contributed by atoms with Crippen molar-refractivity contribution < 1.29 is 183 Å². The van der Waals surface area contributed by atoms with E-state index in [2.05, 4.69) is 31.4 Å². The Labute approximate surface area is 615 Å². The van der Waals surface area contributed by atoms with Gasteiger partial charge in [0, 0.05) is 26.1 Å². The summed E-state index contributed by atoms with van der Waals surface area (Å²) in [4.78, 5) is 13.6. The van der Waals surface area contributed by atoms with Crippen LogP contribution in [0.25, 0.3) is 0 Å². The monoisotopic (exact) mass is 1550 g/mol. The summed E-state index contributed by atoms with van der Waals surface area (Å²) in [6, 6.07) is 0. The highest BCUT2D eigenvalue weighted by Gasteiger charge is 2.65. The molecule has 4 aliphatic carbocycles. The molecular formula is C68H114N2O37. The fourth-order valence-corrected chi connectivity index (χ4v) is 19.8. The molecule has 25 aliphatic rings. The molecule has 39 heteroatoms. The highest BCUT2D eigenvalue weighted by atomic mass is 16.8. The largest absolute Gasteiger partial charge is 0.394 e. The minimum atomic E-state index is -2.23. The number of ether oxygens (including phenoxy) is 14. The normalized spacial score (nSPS) is 53.7. The third kappa shape index (κ3) is 16.4. The molecule has 21 aliphatic heterocycles. The molecule has 107 heavy (non-hydrogen) atoms. The van der Waals surface area contributed by atoms with E-state index in [1.165, 1.54) is 0 Å². The van der Waals surface area contributed by atoms with Crippen molar-refractivity contribution in [1.29, 1.82) is 0 Å². The van der Waals surface area contributed by atoms with Crippen LogP contribution in [0, 0.1) is 46.3 Å². The van der Waals surface area contributed by atoms with Crippen molar-refractivity contribution in [2.45, 2.75) is 312 Å². The number of amides is 1. The molecular weight excluding hydrogens is 1440 g/mol. The number of carbonyl (C=O) groups excluding carboxylic acids is 1. The highest BCUT2D eigenvalue weighted by molar-refractivity contribution is 5.75. The molecule has 21 saturated heterocycles. The zero-order chi connectivity index (χ0) is 77.2. The van der Waals surface area contributed by atoms with E-state index < -0.39 is 261 Å². The van der Waals surface area contributed by atoms with E-state index in [1.54, 1.807) is 0 Å². The molecule has 21 heterocycles. The standard InChI is InChI=1S/C68H114N2O37/c1-23(27-7-8-28-26-6-5-24-14-25(77)10-11-67(24,2)29(26)15-37(78)68(27,28)3)4-9-38(79)70-13-12-69-16-30-53-39(80)46(87)60(94-30)102-54-31(17-71)96-62(48(89)41(54)82)104-56-33(19-73)98-64(50(91)43(56)84)106-58-35(21-75)100-66(52(93)45(58)86)107-59-36(22-76)99-65(51(92)44(59)85)105-57-34(20-74)97-63(49(90)42(57)83)103-55-32(18-72)95-61(101-53)47(88)40(55)81/h23-37,39-66,69,71-78,80-93H,4-22H2,1-3H3,(H,70,79)/t23-,24-,25-,26+,27-,28+,29+,30-,31-,32-,33-,34-,35-,36-,37+,39-,40-,41-,42-,43-,44-,45-,46-,47-,48-,49-,50-,51-,52-,53-,54-,55-,56-,57-,58-,59-,60-,61-,62-,63-,64-,65-,66-,67+,68-/m1/s1. The lowest BCUT2D eigenvalue weighted by Crippen LogP contribution is -2.68. The predicted molar refractivity (Wildman–Crippen MR) is 348 cm³/mol. The van der Waals surface area contributed by atoms with E-state index in [1.807, 2.05) is 0 Å². The van der Waals surface area contributed by atoms with Gasteiger partial charge in [-0.3, -0.25) is 4.79 Å². The van der Waals surface area contributed by atoms with Gasteiger partial charge in [-0.05, 0) is 104 Å². The minimum absolute atomic E-state index is 0.0132. The smallest absolute Gasteiger partial charge is 0.220 e. The second-order valence-electron chi connectivity index (χ2n) is 31.9. The van der Waals surface area contributed by atoms with Gasteiger partial charge in [-0.1, -0.05) is 20.8 Å². The van der Waals surface area contributed by atoms with Gasteiger partial charge in [0.2, 0.25) is 5.91 Å². The maximum atomic E-state index is 13.6. The first-order chi connectivity index (χ1) is 51.0. The van der Waals surface area contributed by atoms with Gasteiger partial charge in [-0.2, -0.15) is 0 Å². The maximum Gasteiger partial charge on any atom is 0.220 e. The number of nitrogens with one attached hydrogen (secondary N) is 2. The lowest BCUT2D eigenvalue weighted by atomic mass is 9.43. The van der Waals surface area contributed by atoms with Gasteiger partial charge in [0.15, 0.2) is 44.0 Å². The van der Waals surface area contributed by atoms with Gasteiger partial charge in [0.05, 0.1) is 51.8 Å². The molecule has 618 valence electrons. The molecule has 0 unspecified atom stereocenters. The topological polar surface area (TPSA) is 615 Å². The van der Waals surface area contributed by atoms with Crippen LogP contribution < -0.4 is 10.6 Å². The quantitative estimate of drug-likeness (QED) is 0.0677. The molecule has 24 N–H and O–H groups in total. The number of fused-ring (bicyclic) bond motifs is 5. The molecule has 25 fully saturated rings. The molecule has 39 nitrogen and oxygen atoms in total. The van der Waals surface area contributed by atoms with Crippen molar-refractivity contribution in [1.82, 2.24) is 10.6 Å². The van der Waals surface area contributed by atoms with Crippen LogP contribution in [0.2, 0.25) is 0 Å². The van der Waals surface area contributed by atoms with Gasteiger partial charge in [0.25, 0.3) is 0 Å². The summed E-state index contributed by atoms with van der Waals surface area (Å²) in [5.41, 5.74) is -0.242. The third-order valence-corrected chi connectivity index (χ3v) is 25.9. The van der Waals surface area contributed by atoms with Crippen molar-refractivity contribution >= 4 is 5.91 Å². The second kappa shape index (κ2) is 35.2. The molecule has 0 radical (unpaired) electrons. The fraction of sp³-hybridized carbons (Fsp3) is 0.985. The van der Waals surface area contributed by atoms with Gasteiger partial charge >= 0.3 is 0 Å². The Balaban J connectivity index is 0.752. The summed E-state index contributed by atoms with van der Waals surface area (Å²) in [7, 11) is 0. The molecule has 0 aromatic carbocycles. The van der Waals surface area contributed by atoms with E-state index in [4.69, 9.17) is 66.3 Å². The summed E-state index contributed by atoms with van der Waals surface area (Å²) < 4.78 is 82.2. The van der Waals surface area contributed by atoms with E-state index in [-0.39, 0.29) is 60.7 Å². The number of aliphatic hydroxyl groups excluding tert-OH is 22. The number of hydrogen-bond acceptors (Lipinski definition) is 38. The zero-order valence-corrected chi connectivity index (χ0v) is 59.7. The van der Waals surface area contributed by atoms with Crippen LogP contribution in [0.3, 0.4) is 0 Å². The van der Waals surface area contributed by atoms with Gasteiger partial charge in [-0.15, -0.1) is 0 Å². The molecule has 14 bridgehead atoms. The number of rotatable bonds is 15. The van der Waals surface area contributed by atoms with Crippen LogP contribution in [0.15, 0.2) is 0 Å². The number of aliphatic hydroxyl groups is 22. The Morgan fingerprint density at radius 1 is 0.383 bits per heavy atom. The maximum absolute atomic E-state index is 13.6. The van der Waals surface area contributed by atoms with Crippen molar-refractivity contribution in [3.63, 3.8) is 0 Å². The Kier molecular flexibility index (Phi) is 27.8. The van der Waals surface area contributed by atoms with Gasteiger partial charge in [0.1, 0.15) is 171 Å². The molecule has 25 rings (SSSR count). The van der Waals surface area contributed by atoms with Crippen molar-refractivity contribution in [2.24, 2.45) is 46.3 Å². The van der Waals surface area contributed by atoms with E-state index >= 15 is 0 Å².